The molecule has 3 fully saturated rings. The SMILES string of the molecule is C=C1CCC2[C@@H](CO)C([C@@]3(C)CC[C@H](O)C[C@@H]3/C=C/CCOCc3ccccc3)CC[C@@]12C. The Morgan fingerprint density at radius 1 is 1.09 bits per heavy atom. The number of allylic oxidation sites excluding steroid dienone is 2. The van der Waals surface area contributed by atoms with Crippen molar-refractivity contribution in [2.75, 3.05) is 13.2 Å². The van der Waals surface area contributed by atoms with Gasteiger partial charge >= 0.3 is 0 Å². The summed E-state index contributed by atoms with van der Waals surface area (Å²) in [5, 5.41) is 21.1. The van der Waals surface area contributed by atoms with Gasteiger partial charge in [-0.15, -0.1) is 0 Å². The zero-order valence-corrected chi connectivity index (χ0v) is 20.7. The molecule has 3 nitrogen and oxygen atoms in total. The second kappa shape index (κ2) is 10.5. The average Bonchev–Trinajstić information content (AvgIpc) is 3.12. The van der Waals surface area contributed by atoms with Crippen molar-refractivity contribution in [3.8, 4) is 0 Å². The van der Waals surface area contributed by atoms with Crippen LogP contribution in [0.5, 0.6) is 0 Å². The Balaban J connectivity index is 1.41. The summed E-state index contributed by atoms with van der Waals surface area (Å²) >= 11 is 0. The van der Waals surface area contributed by atoms with Gasteiger partial charge in [0.25, 0.3) is 0 Å². The first-order valence-electron chi connectivity index (χ1n) is 13.1. The van der Waals surface area contributed by atoms with Crippen LogP contribution in [0.15, 0.2) is 54.6 Å². The van der Waals surface area contributed by atoms with Crippen molar-refractivity contribution in [3.05, 3.63) is 60.2 Å². The summed E-state index contributed by atoms with van der Waals surface area (Å²) in [5.74, 6) is 1.74. The van der Waals surface area contributed by atoms with E-state index < -0.39 is 0 Å². The van der Waals surface area contributed by atoms with Crippen LogP contribution in [-0.2, 0) is 11.3 Å². The molecule has 1 aromatic carbocycles. The van der Waals surface area contributed by atoms with Gasteiger partial charge in [0.15, 0.2) is 0 Å². The summed E-state index contributed by atoms with van der Waals surface area (Å²) in [5.41, 5.74) is 2.94. The normalized spacial score (nSPS) is 39.2. The molecule has 182 valence electrons. The fraction of sp³-hybridized carbons (Fsp3) is 0.667. The molecule has 2 unspecified atom stereocenters. The number of rotatable bonds is 8. The molecule has 0 bridgehead atoms. The Labute approximate surface area is 200 Å². The van der Waals surface area contributed by atoms with Crippen molar-refractivity contribution in [1.29, 1.82) is 0 Å². The van der Waals surface area contributed by atoms with Crippen LogP contribution in [-0.4, -0.2) is 29.5 Å². The van der Waals surface area contributed by atoms with E-state index in [0.29, 0.717) is 36.9 Å². The Kier molecular flexibility index (Phi) is 7.83. The van der Waals surface area contributed by atoms with Crippen molar-refractivity contribution >= 4 is 0 Å². The lowest BCUT2D eigenvalue weighted by Crippen LogP contribution is -2.50. The minimum Gasteiger partial charge on any atom is -0.396 e. The van der Waals surface area contributed by atoms with E-state index in [0.717, 1.165) is 38.5 Å². The third-order valence-corrected chi connectivity index (χ3v) is 9.75. The molecule has 0 saturated heterocycles. The van der Waals surface area contributed by atoms with Gasteiger partial charge in [0, 0.05) is 6.61 Å². The van der Waals surface area contributed by atoms with Crippen molar-refractivity contribution in [3.63, 3.8) is 0 Å². The molecule has 0 amide bonds. The number of hydrogen-bond acceptors (Lipinski definition) is 3. The van der Waals surface area contributed by atoms with Crippen molar-refractivity contribution < 1.29 is 14.9 Å². The average molecular weight is 453 g/mol. The maximum absolute atomic E-state index is 10.5. The van der Waals surface area contributed by atoms with Gasteiger partial charge in [0.1, 0.15) is 0 Å². The number of ether oxygens (including phenoxy) is 1. The first-order valence-corrected chi connectivity index (χ1v) is 13.1. The minimum atomic E-state index is -0.213. The maximum atomic E-state index is 10.5. The quantitative estimate of drug-likeness (QED) is 0.359. The molecule has 0 radical (unpaired) electrons. The van der Waals surface area contributed by atoms with E-state index in [9.17, 15) is 10.2 Å². The van der Waals surface area contributed by atoms with E-state index in [1.807, 2.05) is 18.2 Å². The maximum Gasteiger partial charge on any atom is 0.0717 e. The summed E-state index contributed by atoms with van der Waals surface area (Å²) in [6.07, 6.45) is 12.7. The smallest absolute Gasteiger partial charge is 0.0717 e. The van der Waals surface area contributed by atoms with Gasteiger partial charge in [-0.3, -0.25) is 0 Å². The van der Waals surface area contributed by atoms with Crippen molar-refractivity contribution in [2.24, 2.45) is 34.5 Å². The van der Waals surface area contributed by atoms with Crippen LogP contribution in [0.4, 0.5) is 0 Å². The molecule has 4 rings (SSSR count). The monoisotopic (exact) mass is 452 g/mol. The Bertz CT molecular complexity index is 817. The molecule has 2 N–H and O–H groups in total. The lowest BCUT2D eigenvalue weighted by Gasteiger charge is -2.56. The molecule has 0 aromatic heterocycles. The molecular weight excluding hydrogens is 408 g/mol. The Morgan fingerprint density at radius 2 is 1.88 bits per heavy atom. The third kappa shape index (κ3) is 5.01. The van der Waals surface area contributed by atoms with Crippen LogP contribution in [0, 0.1) is 34.5 Å². The fourth-order valence-corrected chi connectivity index (χ4v) is 7.55. The lowest BCUT2D eigenvalue weighted by atomic mass is 9.49. The van der Waals surface area contributed by atoms with Gasteiger partial charge in [0.05, 0.1) is 19.3 Å². The summed E-state index contributed by atoms with van der Waals surface area (Å²) in [6, 6.07) is 10.3. The molecular formula is C30H44O3. The van der Waals surface area contributed by atoms with Crippen molar-refractivity contribution in [1.82, 2.24) is 0 Å². The highest BCUT2D eigenvalue weighted by Gasteiger charge is 2.56. The molecule has 7 atom stereocenters. The van der Waals surface area contributed by atoms with E-state index in [4.69, 9.17) is 4.74 Å². The lowest BCUT2D eigenvalue weighted by molar-refractivity contribution is -0.0825. The first-order chi connectivity index (χ1) is 15.9. The Morgan fingerprint density at radius 3 is 2.64 bits per heavy atom. The van der Waals surface area contributed by atoms with Crippen molar-refractivity contribution in [2.45, 2.75) is 77.9 Å². The fourth-order valence-electron chi connectivity index (χ4n) is 7.55. The van der Waals surface area contributed by atoms with E-state index >= 15 is 0 Å². The summed E-state index contributed by atoms with van der Waals surface area (Å²) in [7, 11) is 0. The number of benzene rings is 1. The van der Waals surface area contributed by atoms with Crippen LogP contribution in [0.25, 0.3) is 0 Å². The standard InChI is InChI=1S/C30H44O3/c1-22-12-13-27-26(20-31)28(15-17-29(22,27)2)30(3)16-14-25(32)19-24(30)11-7-8-18-33-21-23-9-5-4-6-10-23/h4-7,9-11,24-28,31-32H,1,8,12-21H2,2-3H3/b11-7+/t24-,25-,26+,27?,28?,29-,30-/m0/s1. The second-order valence-electron chi connectivity index (χ2n) is 11.5. The van der Waals surface area contributed by atoms with Gasteiger partial charge in [-0.25, -0.2) is 0 Å². The topological polar surface area (TPSA) is 49.7 Å². The summed E-state index contributed by atoms with van der Waals surface area (Å²) in [4.78, 5) is 0. The van der Waals surface area contributed by atoms with Gasteiger partial charge in [-0.1, -0.05) is 68.5 Å². The molecule has 3 saturated carbocycles. The van der Waals surface area contributed by atoms with Crippen LogP contribution < -0.4 is 0 Å². The predicted molar refractivity (Wildman–Crippen MR) is 135 cm³/mol. The zero-order chi connectivity index (χ0) is 23.5. The molecule has 3 aliphatic carbocycles. The highest BCUT2D eigenvalue weighted by atomic mass is 16.5. The number of aliphatic hydroxyl groups excluding tert-OH is 2. The number of fused-ring (bicyclic) bond motifs is 1. The minimum absolute atomic E-state index is 0.124. The van der Waals surface area contributed by atoms with Gasteiger partial charge in [-0.2, -0.15) is 0 Å². The molecule has 33 heavy (non-hydrogen) atoms. The number of aliphatic hydroxyl groups is 2. The highest BCUT2D eigenvalue weighted by molar-refractivity contribution is 5.21. The molecule has 0 heterocycles. The van der Waals surface area contributed by atoms with E-state index in [2.05, 4.69) is 44.7 Å². The van der Waals surface area contributed by atoms with Crippen LogP contribution >= 0.6 is 0 Å². The molecule has 0 spiro atoms. The van der Waals surface area contributed by atoms with Gasteiger partial charge in [-0.05, 0) is 91.4 Å². The van der Waals surface area contributed by atoms with E-state index in [1.54, 1.807) is 0 Å². The van der Waals surface area contributed by atoms with Gasteiger partial charge in [0.2, 0.25) is 0 Å². The van der Waals surface area contributed by atoms with Crippen LogP contribution in [0.2, 0.25) is 0 Å². The molecule has 3 aliphatic rings. The van der Waals surface area contributed by atoms with Crippen LogP contribution in [0.1, 0.15) is 70.8 Å². The Hall–Kier alpha value is -1.42. The number of hydrogen-bond donors (Lipinski definition) is 2. The largest absolute Gasteiger partial charge is 0.396 e. The summed E-state index contributed by atoms with van der Waals surface area (Å²) in [6.45, 7) is 10.9. The molecule has 3 heteroatoms. The van der Waals surface area contributed by atoms with Crippen LogP contribution in [0.3, 0.4) is 0 Å². The highest BCUT2D eigenvalue weighted by Crippen LogP contribution is 2.63. The van der Waals surface area contributed by atoms with E-state index in [1.165, 1.54) is 24.0 Å². The van der Waals surface area contributed by atoms with Gasteiger partial charge < -0.3 is 14.9 Å². The summed E-state index contributed by atoms with van der Waals surface area (Å²) < 4.78 is 5.86. The first kappa shape index (κ1) is 24.7. The molecule has 0 aliphatic heterocycles. The third-order valence-electron chi connectivity index (χ3n) is 9.75. The van der Waals surface area contributed by atoms with E-state index in [-0.39, 0.29) is 23.5 Å². The predicted octanol–water partition coefficient (Wildman–Crippen LogP) is 6.31. The second-order valence-corrected chi connectivity index (χ2v) is 11.5. The molecule has 1 aromatic rings. The zero-order valence-electron chi connectivity index (χ0n) is 20.7.